The van der Waals surface area contributed by atoms with Crippen molar-refractivity contribution in [1.82, 2.24) is 5.06 Å². The van der Waals surface area contributed by atoms with Crippen LogP contribution < -0.4 is 9.64 Å². The van der Waals surface area contributed by atoms with Crippen LogP contribution >= 0.6 is 11.6 Å². The Labute approximate surface area is 251 Å². The summed E-state index contributed by atoms with van der Waals surface area (Å²) < 4.78 is 5.74. The molecule has 7 rings (SSSR count). The van der Waals surface area contributed by atoms with Crippen LogP contribution in [0.1, 0.15) is 29.9 Å². The Bertz CT molecular complexity index is 1740. The van der Waals surface area contributed by atoms with Gasteiger partial charge in [-0.25, -0.2) is 4.90 Å². The van der Waals surface area contributed by atoms with Gasteiger partial charge in [0.25, 0.3) is 11.8 Å². The number of methoxy groups -OCH3 is 1. The number of rotatable bonds is 4. The van der Waals surface area contributed by atoms with Crippen LogP contribution in [0.25, 0.3) is 0 Å². The zero-order valence-corrected chi connectivity index (χ0v) is 23.8. The molecule has 0 bridgehead atoms. The van der Waals surface area contributed by atoms with Gasteiger partial charge in [0.15, 0.2) is 0 Å². The summed E-state index contributed by atoms with van der Waals surface area (Å²) in [7, 11) is 1.46. The highest BCUT2D eigenvalue weighted by Crippen LogP contribution is 2.66. The molecule has 0 aromatic heterocycles. The van der Waals surface area contributed by atoms with Crippen LogP contribution in [0.5, 0.6) is 11.5 Å². The summed E-state index contributed by atoms with van der Waals surface area (Å²) in [5.41, 5.74) is 0.273. The van der Waals surface area contributed by atoms with E-state index < -0.39 is 58.6 Å². The molecule has 0 spiro atoms. The molecular formula is C33H27ClN2O7. The van der Waals surface area contributed by atoms with E-state index in [-0.39, 0.29) is 23.7 Å². The topological polar surface area (TPSA) is 124 Å². The Morgan fingerprint density at radius 2 is 1.65 bits per heavy atom. The number of aromatic hydroxyl groups is 1. The summed E-state index contributed by atoms with van der Waals surface area (Å²) in [6.07, 6.45) is 2.07. The predicted octanol–water partition coefficient (Wildman–Crippen LogP) is 4.61. The number of hydrogen-bond acceptors (Lipinski definition) is 7. The lowest BCUT2D eigenvalue weighted by molar-refractivity contribution is -0.173. The fourth-order valence-electron chi connectivity index (χ4n) is 8.04. The maximum Gasteiger partial charge on any atom is 0.257 e. The number of halogens is 1. The average molecular weight is 599 g/mol. The van der Waals surface area contributed by atoms with Crippen LogP contribution in [0.4, 0.5) is 5.69 Å². The molecule has 6 atom stereocenters. The largest absolute Gasteiger partial charge is 0.508 e. The van der Waals surface area contributed by atoms with Crippen LogP contribution in [0.15, 0.2) is 84.4 Å². The zero-order valence-electron chi connectivity index (χ0n) is 23.0. The molecule has 2 aliphatic carbocycles. The number of carbonyl (C=O) groups excluding carboxylic acids is 4. The summed E-state index contributed by atoms with van der Waals surface area (Å²) in [5.74, 6) is -6.55. The molecular weight excluding hydrogens is 572 g/mol. The van der Waals surface area contributed by atoms with Crippen molar-refractivity contribution in [2.45, 2.75) is 24.2 Å². The van der Waals surface area contributed by atoms with Crippen molar-refractivity contribution in [3.05, 3.63) is 101 Å². The van der Waals surface area contributed by atoms with Gasteiger partial charge in [0.1, 0.15) is 11.5 Å². The number of benzene rings is 3. The molecule has 3 aromatic rings. The van der Waals surface area contributed by atoms with Crippen LogP contribution in [0, 0.1) is 23.7 Å². The number of nitrogens with zero attached hydrogens (tertiary/aromatic N) is 2. The number of phenolic OH excluding ortho intramolecular Hbond substituents is 1. The third kappa shape index (κ3) is 3.61. The molecule has 2 heterocycles. The maximum atomic E-state index is 15.1. The molecule has 6 unspecified atom stereocenters. The highest BCUT2D eigenvalue weighted by Gasteiger charge is 2.70. The van der Waals surface area contributed by atoms with E-state index in [2.05, 4.69) is 0 Å². The number of anilines is 1. The van der Waals surface area contributed by atoms with Crippen molar-refractivity contribution < 1.29 is 34.2 Å². The van der Waals surface area contributed by atoms with Crippen molar-refractivity contribution in [1.29, 1.82) is 0 Å². The molecule has 3 fully saturated rings. The van der Waals surface area contributed by atoms with E-state index in [1.54, 1.807) is 60.7 Å². The van der Waals surface area contributed by atoms with Gasteiger partial charge in [0.2, 0.25) is 11.8 Å². The fraction of sp³-hybridized carbons (Fsp3) is 0.273. The quantitative estimate of drug-likeness (QED) is 0.255. The average Bonchev–Trinajstić information content (AvgIpc) is 3.38. The summed E-state index contributed by atoms with van der Waals surface area (Å²) >= 11 is 6.31. The third-order valence-electron chi connectivity index (χ3n) is 9.70. The molecule has 4 aliphatic rings. The summed E-state index contributed by atoms with van der Waals surface area (Å²) in [5, 5.41) is 22.3. The lowest BCUT2D eigenvalue weighted by atomic mass is 9.49. The monoisotopic (exact) mass is 598 g/mol. The molecule has 4 amide bonds. The second-order valence-electron chi connectivity index (χ2n) is 11.5. The second kappa shape index (κ2) is 9.79. The highest BCUT2D eigenvalue weighted by atomic mass is 35.5. The number of ether oxygens (including phenoxy) is 1. The minimum Gasteiger partial charge on any atom is -0.508 e. The van der Waals surface area contributed by atoms with Gasteiger partial charge in [-0.2, -0.15) is 5.06 Å². The van der Waals surface area contributed by atoms with Gasteiger partial charge >= 0.3 is 0 Å². The molecule has 2 saturated heterocycles. The molecule has 1 saturated carbocycles. The van der Waals surface area contributed by atoms with Crippen molar-refractivity contribution in [2.24, 2.45) is 23.7 Å². The first kappa shape index (κ1) is 27.4. The minimum absolute atomic E-state index is 0.0722. The van der Waals surface area contributed by atoms with E-state index in [4.69, 9.17) is 16.3 Å². The van der Waals surface area contributed by atoms with Crippen molar-refractivity contribution >= 4 is 40.9 Å². The summed E-state index contributed by atoms with van der Waals surface area (Å²) in [6.45, 7) is 0. The highest BCUT2D eigenvalue weighted by molar-refractivity contribution is 6.32. The molecule has 218 valence electrons. The summed E-state index contributed by atoms with van der Waals surface area (Å²) in [4.78, 5) is 57.0. The van der Waals surface area contributed by atoms with Gasteiger partial charge in [-0.1, -0.05) is 65.7 Å². The number of allylic oxidation sites excluding steroid dienone is 2. The first-order valence-corrected chi connectivity index (χ1v) is 14.4. The Morgan fingerprint density at radius 1 is 0.907 bits per heavy atom. The van der Waals surface area contributed by atoms with E-state index in [1.165, 1.54) is 13.2 Å². The van der Waals surface area contributed by atoms with Crippen LogP contribution in [0.2, 0.25) is 5.02 Å². The number of hydrogen-bond donors (Lipinski definition) is 2. The molecule has 2 aliphatic heterocycles. The van der Waals surface area contributed by atoms with E-state index in [1.807, 2.05) is 12.1 Å². The molecule has 0 radical (unpaired) electrons. The van der Waals surface area contributed by atoms with Crippen LogP contribution in [0.3, 0.4) is 0 Å². The Balaban J connectivity index is 1.55. The smallest absolute Gasteiger partial charge is 0.257 e. The number of fused-ring (bicyclic) bond motifs is 4. The van der Waals surface area contributed by atoms with E-state index in [0.717, 1.165) is 4.90 Å². The van der Waals surface area contributed by atoms with Crippen LogP contribution in [-0.4, -0.2) is 46.1 Å². The van der Waals surface area contributed by atoms with Gasteiger partial charge in [-0.05, 0) is 54.7 Å². The zero-order chi connectivity index (χ0) is 30.2. The van der Waals surface area contributed by atoms with Gasteiger partial charge < -0.3 is 9.84 Å². The lowest BCUT2D eigenvalue weighted by Gasteiger charge is -2.50. The molecule has 2 N–H and O–H groups in total. The van der Waals surface area contributed by atoms with E-state index in [9.17, 15) is 24.7 Å². The third-order valence-corrected chi connectivity index (χ3v) is 9.93. The number of amides is 4. The van der Waals surface area contributed by atoms with Gasteiger partial charge in [0, 0.05) is 16.5 Å². The molecule has 9 nitrogen and oxygen atoms in total. The molecule has 10 heteroatoms. The number of hydroxylamine groups is 2. The first-order valence-electron chi connectivity index (χ1n) is 14.0. The van der Waals surface area contributed by atoms with Crippen molar-refractivity contribution in [2.75, 3.05) is 12.0 Å². The molecule has 43 heavy (non-hydrogen) atoms. The SMILES string of the molecule is COc1cccc(O)c1C1C2=CCC3C(=O)N(O)C(=O)C3C2CC2C(=O)N(c3cccc(Cl)c3)C(=O)C21c1ccccc1. The van der Waals surface area contributed by atoms with Gasteiger partial charge in [-0.3, -0.25) is 24.4 Å². The number of phenols is 1. The molecule has 3 aromatic carbocycles. The second-order valence-corrected chi connectivity index (χ2v) is 11.9. The lowest BCUT2D eigenvalue weighted by Crippen LogP contribution is -2.53. The van der Waals surface area contributed by atoms with Gasteiger partial charge in [-0.15, -0.1) is 0 Å². The Hall–Kier alpha value is -4.47. The minimum atomic E-state index is -1.55. The Kier molecular flexibility index (Phi) is 6.23. The fourth-order valence-corrected chi connectivity index (χ4v) is 8.23. The number of imide groups is 2. The standard InChI is InChI=1S/C33H27ClN2O7/c1-43-25-12-6-11-24(37)27(25)28-20-13-14-21-26(31(40)36(42)29(21)38)22(20)16-23-30(39)35(19-10-5-9-18(34)15-19)32(41)33(23,28)17-7-3-2-4-8-17/h2-13,15,21-23,26,28,37,42H,14,16H2,1H3. The normalized spacial score (nSPS) is 29.7. The first-order chi connectivity index (χ1) is 20.7. The van der Waals surface area contributed by atoms with Gasteiger partial charge in [0.05, 0.1) is 36.0 Å². The summed E-state index contributed by atoms with van der Waals surface area (Å²) in [6, 6.07) is 20.3. The van der Waals surface area contributed by atoms with E-state index >= 15 is 4.79 Å². The van der Waals surface area contributed by atoms with E-state index in [0.29, 0.717) is 33.2 Å². The Morgan fingerprint density at radius 3 is 2.37 bits per heavy atom. The van der Waals surface area contributed by atoms with Crippen molar-refractivity contribution in [3.8, 4) is 11.5 Å². The predicted molar refractivity (Wildman–Crippen MR) is 154 cm³/mol. The van der Waals surface area contributed by atoms with Crippen LogP contribution in [-0.2, 0) is 24.6 Å². The number of carbonyl (C=O) groups is 4. The van der Waals surface area contributed by atoms with Crippen molar-refractivity contribution in [3.63, 3.8) is 0 Å². The maximum absolute atomic E-state index is 15.1.